The Morgan fingerprint density at radius 1 is 1.32 bits per heavy atom. The number of aromatic nitrogens is 1. The third kappa shape index (κ3) is 2.09. The third-order valence-corrected chi connectivity index (χ3v) is 4.50. The van der Waals surface area contributed by atoms with Crippen molar-refractivity contribution < 1.29 is 14.3 Å². The summed E-state index contributed by atoms with van der Waals surface area (Å²) in [4.78, 5) is 17.0. The molecule has 4 nitrogen and oxygen atoms in total. The summed E-state index contributed by atoms with van der Waals surface area (Å²) in [6.07, 6.45) is 0. The number of nitrogens with zero attached hydrogens (tertiary/aromatic N) is 1. The van der Waals surface area contributed by atoms with Gasteiger partial charge in [0.1, 0.15) is 0 Å². The van der Waals surface area contributed by atoms with Crippen molar-refractivity contribution in [3.05, 3.63) is 40.2 Å². The maximum atomic E-state index is 11.3. The van der Waals surface area contributed by atoms with Crippen LogP contribution in [0.5, 0.6) is 0 Å². The number of carboxylic acid groups (broad SMARTS) is 1. The Labute approximate surface area is 117 Å². The van der Waals surface area contributed by atoms with Gasteiger partial charge >= 0.3 is 5.97 Å². The molecule has 1 N–H and O–H groups in total. The van der Waals surface area contributed by atoms with E-state index < -0.39 is 5.97 Å². The van der Waals surface area contributed by atoms with Gasteiger partial charge in [-0.2, -0.15) is 0 Å². The second kappa shape index (κ2) is 4.64. The quantitative estimate of drug-likeness (QED) is 0.787. The third-order valence-electron chi connectivity index (χ3n) is 2.63. The molecule has 0 aliphatic heterocycles. The zero-order valence-corrected chi connectivity index (χ0v) is 11.5. The molecule has 0 fully saturated rings. The Morgan fingerprint density at radius 3 is 2.74 bits per heavy atom. The number of aromatic carboxylic acids is 1. The zero-order chi connectivity index (χ0) is 13.4. The number of thiophene rings is 2. The van der Waals surface area contributed by atoms with E-state index in [0.717, 1.165) is 15.3 Å². The van der Waals surface area contributed by atoms with Crippen LogP contribution in [0.3, 0.4) is 0 Å². The van der Waals surface area contributed by atoms with Gasteiger partial charge < -0.3 is 9.52 Å². The number of hydrogen-bond acceptors (Lipinski definition) is 5. The number of rotatable bonds is 3. The highest BCUT2D eigenvalue weighted by Gasteiger charge is 2.23. The molecule has 0 spiro atoms. The standard InChI is InChI=1S/C13H9NO3S2/c1-7-4-6-19-11(7)10-9(13(15)16)14-12(17-10)8-3-2-5-18-8/h2-6H,1H3,(H,15,16). The minimum Gasteiger partial charge on any atom is -0.476 e. The fourth-order valence-corrected chi connectivity index (χ4v) is 3.29. The van der Waals surface area contributed by atoms with Crippen LogP contribution in [0.1, 0.15) is 16.1 Å². The van der Waals surface area contributed by atoms with Gasteiger partial charge in [-0.25, -0.2) is 9.78 Å². The van der Waals surface area contributed by atoms with Gasteiger partial charge in [0.25, 0.3) is 0 Å². The Bertz CT molecular complexity index is 725. The molecule has 0 saturated carbocycles. The molecular formula is C13H9NO3S2. The molecule has 0 saturated heterocycles. The van der Waals surface area contributed by atoms with E-state index in [0.29, 0.717) is 11.7 Å². The summed E-state index contributed by atoms with van der Waals surface area (Å²) < 4.78 is 5.67. The number of aryl methyl sites for hydroxylation is 1. The van der Waals surface area contributed by atoms with Crippen molar-refractivity contribution >= 4 is 28.6 Å². The highest BCUT2D eigenvalue weighted by atomic mass is 32.1. The van der Waals surface area contributed by atoms with Crippen LogP contribution in [-0.2, 0) is 0 Å². The zero-order valence-electron chi connectivity index (χ0n) is 9.91. The monoisotopic (exact) mass is 291 g/mol. The lowest BCUT2D eigenvalue weighted by molar-refractivity contribution is 0.0691. The molecule has 0 radical (unpaired) electrons. The molecule has 3 rings (SSSR count). The highest BCUT2D eigenvalue weighted by Crippen LogP contribution is 2.36. The van der Waals surface area contributed by atoms with Gasteiger partial charge in [-0.15, -0.1) is 22.7 Å². The van der Waals surface area contributed by atoms with Gasteiger partial charge in [0.05, 0.1) is 9.75 Å². The molecule has 6 heteroatoms. The van der Waals surface area contributed by atoms with Gasteiger partial charge in [-0.1, -0.05) is 6.07 Å². The van der Waals surface area contributed by atoms with Crippen LogP contribution in [0.25, 0.3) is 21.4 Å². The summed E-state index contributed by atoms with van der Waals surface area (Å²) in [6, 6.07) is 5.66. The lowest BCUT2D eigenvalue weighted by Gasteiger charge is -1.95. The molecule has 96 valence electrons. The van der Waals surface area contributed by atoms with Crippen molar-refractivity contribution in [1.29, 1.82) is 0 Å². The van der Waals surface area contributed by atoms with E-state index in [2.05, 4.69) is 4.98 Å². The van der Waals surface area contributed by atoms with Crippen LogP contribution in [0.2, 0.25) is 0 Å². The summed E-state index contributed by atoms with van der Waals surface area (Å²) in [5.41, 5.74) is 0.954. The summed E-state index contributed by atoms with van der Waals surface area (Å²) in [5, 5.41) is 13.1. The average molecular weight is 291 g/mol. The number of oxazole rings is 1. The summed E-state index contributed by atoms with van der Waals surface area (Å²) in [6.45, 7) is 1.92. The van der Waals surface area contributed by atoms with Crippen LogP contribution in [0.15, 0.2) is 33.4 Å². The molecule has 0 amide bonds. The minimum atomic E-state index is -1.07. The largest absolute Gasteiger partial charge is 0.476 e. The SMILES string of the molecule is Cc1ccsc1-c1oc(-c2cccs2)nc1C(=O)O. The normalized spacial score (nSPS) is 10.8. The second-order valence-corrected chi connectivity index (χ2v) is 5.78. The summed E-state index contributed by atoms with van der Waals surface area (Å²) >= 11 is 2.92. The lowest BCUT2D eigenvalue weighted by atomic mass is 10.2. The molecule has 0 aliphatic rings. The van der Waals surface area contributed by atoms with E-state index in [1.165, 1.54) is 22.7 Å². The van der Waals surface area contributed by atoms with E-state index >= 15 is 0 Å². The van der Waals surface area contributed by atoms with Crippen LogP contribution in [0.4, 0.5) is 0 Å². The van der Waals surface area contributed by atoms with Gasteiger partial charge in [-0.3, -0.25) is 0 Å². The molecule has 3 heterocycles. The first-order valence-corrected chi connectivity index (χ1v) is 7.25. The number of carboxylic acids is 1. The first-order valence-electron chi connectivity index (χ1n) is 5.49. The molecule has 19 heavy (non-hydrogen) atoms. The second-order valence-electron chi connectivity index (χ2n) is 3.91. The average Bonchev–Trinajstić information content (AvgIpc) is 3.07. The molecular weight excluding hydrogens is 282 g/mol. The van der Waals surface area contributed by atoms with E-state index in [9.17, 15) is 9.90 Å². The van der Waals surface area contributed by atoms with E-state index in [1.54, 1.807) is 0 Å². The minimum absolute atomic E-state index is 0.0334. The Hall–Kier alpha value is -1.92. The van der Waals surface area contributed by atoms with Crippen molar-refractivity contribution in [2.24, 2.45) is 0 Å². The van der Waals surface area contributed by atoms with Gasteiger partial charge in [0.2, 0.25) is 5.89 Å². The van der Waals surface area contributed by atoms with Crippen LogP contribution < -0.4 is 0 Å². The maximum absolute atomic E-state index is 11.3. The molecule has 3 aromatic rings. The van der Waals surface area contributed by atoms with Crippen LogP contribution in [-0.4, -0.2) is 16.1 Å². The summed E-state index contributed by atoms with van der Waals surface area (Å²) in [5.74, 6) is -0.382. The van der Waals surface area contributed by atoms with Crippen molar-refractivity contribution in [1.82, 2.24) is 4.98 Å². The fourth-order valence-electron chi connectivity index (χ4n) is 1.73. The van der Waals surface area contributed by atoms with Gasteiger partial charge in [0, 0.05) is 0 Å². The number of carbonyl (C=O) groups is 1. The van der Waals surface area contributed by atoms with Crippen molar-refractivity contribution in [2.75, 3.05) is 0 Å². The maximum Gasteiger partial charge on any atom is 0.358 e. The Morgan fingerprint density at radius 2 is 2.16 bits per heavy atom. The number of hydrogen-bond donors (Lipinski definition) is 1. The Balaban J connectivity index is 2.19. The smallest absolute Gasteiger partial charge is 0.358 e. The lowest BCUT2D eigenvalue weighted by Crippen LogP contribution is -1.98. The highest BCUT2D eigenvalue weighted by molar-refractivity contribution is 7.14. The predicted molar refractivity (Wildman–Crippen MR) is 74.8 cm³/mol. The molecule has 0 atom stereocenters. The molecule has 3 aromatic heterocycles. The van der Waals surface area contributed by atoms with Crippen molar-refractivity contribution in [3.63, 3.8) is 0 Å². The predicted octanol–water partition coefficient (Wildman–Crippen LogP) is 4.14. The van der Waals surface area contributed by atoms with E-state index in [1.807, 2.05) is 35.9 Å². The Kier molecular flexibility index (Phi) is 2.96. The fraction of sp³-hybridized carbons (Fsp3) is 0.0769. The molecule has 0 bridgehead atoms. The van der Waals surface area contributed by atoms with Gasteiger partial charge in [-0.05, 0) is 35.4 Å². The molecule has 0 aliphatic carbocycles. The first-order chi connectivity index (χ1) is 9.16. The van der Waals surface area contributed by atoms with Crippen molar-refractivity contribution in [2.45, 2.75) is 6.92 Å². The summed E-state index contributed by atoms with van der Waals surface area (Å²) in [7, 11) is 0. The van der Waals surface area contributed by atoms with Crippen molar-refractivity contribution in [3.8, 4) is 21.4 Å². The molecule has 0 unspecified atom stereocenters. The van der Waals surface area contributed by atoms with Crippen LogP contribution >= 0.6 is 22.7 Å². The van der Waals surface area contributed by atoms with E-state index in [-0.39, 0.29) is 5.69 Å². The van der Waals surface area contributed by atoms with Gasteiger partial charge in [0.15, 0.2) is 11.5 Å². The van der Waals surface area contributed by atoms with Crippen LogP contribution in [0, 0.1) is 6.92 Å². The topological polar surface area (TPSA) is 63.3 Å². The van der Waals surface area contributed by atoms with E-state index in [4.69, 9.17) is 4.42 Å². The molecule has 0 aromatic carbocycles. The first kappa shape index (κ1) is 12.1.